The molecule has 2 aromatic carbocycles. The normalized spacial score (nSPS) is 12.7. The van der Waals surface area contributed by atoms with Gasteiger partial charge in [-0.3, -0.25) is 13.9 Å². The second-order valence-corrected chi connectivity index (χ2v) is 13.3. The van der Waals surface area contributed by atoms with Gasteiger partial charge < -0.3 is 10.2 Å². The summed E-state index contributed by atoms with van der Waals surface area (Å²) in [6, 6.07) is 8.73. The molecule has 1 N–H and O–H groups in total. The molecule has 1 atom stereocenters. The van der Waals surface area contributed by atoms with Crippen molar-refractivity contribution in [3.8, 4) is 0 Å². The number of halogens is 4. The van der Waals surface area contributed by atoms with Gasteiger partial charge in [0.2, 0.25) is 21.8 Å². The van der Waals surface area contributed by atoms with E-state index in [2.05, 4.69) is 5.32 Å². The summed E-state index contributed by atoms with van der Waals surface area (Å²) in [5.74, 6) is -0.641. The molecule has 0 aliphatic heterocycles. The average Bonchev–Trinajstić information content (AvgIpc) is 2.76. The van der Waals surface area contributed by atoms with Crippen LogP contribution < -0.4 is 9.62 Å². The molecule has 1 unspecified atom stereocenters. The number of hydrogen-bond acceptors (Lipinski definition) is 4. The van der Waals surface area contributed by atoms with Crippen molar-refractivity contribution in [1.82, 2.24) is 10.2 Å². The molecule has 0 saturated carbocycles. The van der Waals surface area contributed by atoms with Gasteiger partial charge in [0, 0.05) is 30.1 Å². The Bertz CT molecular complexity index is 1250. The Morgan fingerprint density at radius 2 is 1.59 bits per heavy atom. The van der Waals surface area contributed by atoms with Crippen LogP contribution in [0.3, 0.4) is 0 Å². The zero-order valence-electron chi connectivity index (χ0n) is 21.3. The summed E-state index contributed by atoms with van der Waals surface area (Å²) >= 11 is 24.5. The van der Waals surface area contributed by atoms with Crippen LogP contribution in [0.2, 0.25) is 20.1 Å². The van der Waals surface area contributed by atoms with Crippen LogP contribution in [-0.2, 0) is 26.2 Å². The van der Waals surface area contributed by atoms with E-state index in [1.807, 2.05) is 20.8 Å². The first kappa shape index (κ1) is 31.5. The topological polar surface area (TPSA) is 86.8 Å². The molecule has 0 radical (unpaired) electrons. The third kappa shape index (κ3) is 9.52. The molecular formula is C25H31Cl4N3O4S. The zero-order chi connectivity index (χ0) is 28.1. The van der Waals surface area contributed by atoms with E-state index in [4.69, 9.17) is 46.4 Å². The molecule has 37 heavy (non-hydrogen) atoms. The van der Waals surface area contributed by atoms with Crippen molar-refractivity contribution < 1.29 is 18.0 Å². The number of nitrogens with zero attached hydrogens (tertiary/aromatic N) is 2. The molecule has 0 bridgehead atoms. The van der Waals surface area contributed by atoms with E-state index in [1.165, 1.54) is 17.0 Å². The summed E-state index contributed by atoms with van der Waals surface area (Å²) in [7, 11) is -3.71. The fourth-order valence-corrected chi connectivity index (χ4v) is 5.28. The lowest BCUT2D eigenvalue weighted by Crippen LogP contribution is -2.52. The lowest BCUT2D eigenvalue weighted by atomic mass is 10.1. The van der Waals surface area contributed by atoms with Crippen LogP contribution in [0.1, 0.15) is 46.1 Å². The minimum absolute atomic E-state index is 0.00613. The smallest absolute Gasteiger partial charge is 0.242 e. The van der Waals surface area contributed by atoms with Crippen molar-refractivity contribution in [1.29, 1.82) is 0 Å². The minimum Gasteiger partial charge on any atom is -0.350 e. The Labute approximate surface area is 239 Å². The SMILES string of the molecule is CC(C(=O)NC(C)(C)C)N(Cc1ccc(Cl)c(Cl)c1)C(=O)CCCN(c1cc(Cl)ccc1Cl)S(C)(=O)=O. The number of sulfonamides is 1. The van der Waals surface area contributed by atoms with E-state index in [1.54, 1.807) is 31.2 Å². The number of carbonyl (C=O) groups is 2. The highest BCUT2D eigenvalue weighted by atomic mass is 35.5. The van der Waals surface area contributed by atoms with Crippen LogP contribution in [0.5, 0.6) is 0 Å². The van der Waals surface area contributed by atoms with Gasteiger partial charge in [0.15, 0.2) is 0 Å². The molecule has 0 spiro atoms. The molecule has 2 aromatic rings. The van der Waals surface area contributed by atoms with Gasteiger partial charge in [0.1, 0.15) is 6.04 Å². The van der Waals surface area contributed by atoms with Crippen LogP contribution >= 0.6 is 46.4 Å². The maximum absolute atomic E-state index is 13.4. The molecule has 0 aromatic heterocycles. The van der Waals surface area contributed by atoms with Gasteiger partial charge in [-0.2, -0.15) is 0 Å². The van der Waals surface area contributed by atoms with Crippen LogP contribution in [0.4, 0.5) is 5.69 Å². The average molecular weight is 611 g/mol. The molecule has 2 rings (SSSR count). The first-order valence-electron chi connectivity index (χ1n) is 11.5. The van der Waals surface area contributed by atoms with Gasteiger partial charge in [-0.05, 0) is 70.0 Å². The second kappa shape index (κ2) is 12.9. The summed E-state index contributed by atoms with van der Waals surface area (Å²) in [6.07, 6.45) is 1.22. The molecule has 0 aliphatic carbocycles. The highest BCUT2D eigenvalue weighted by molar-refractivity contribution is 7.92. The number of nitrogens with one attached hydrogen (secondary N) is 1. The second-order valence-electron chi connectivity index (χ2n) is 9.72. The fraction of sp³-hybridized carbons (Fsp3) is 0.440. The van der Waals surface area contributed by atoms with Gasteiger partial charge in [-0.1, -0.05) is 52.5 Å². The van der Waals surface area contributed by atoms with Crippen molar-refractivity contribution in [2.45, 2.75) is 58.7 Å². The van der Waals surface area contributed by atoms with Crippen LogP contribution in [0.25, 0.3) is 0 Å². The van der Waals surface area contributed by atoms with Crippen molar-refractivity contribution in [2.24, 2.45) is 0 Å². The van der Waals surface area contributed by atoms with Crippen LogP contribution in [0, 0.1) is 0 Å². The molecule has 0 heterocycles. The van der Waals surface area contributed by atoms with E-state index in [9.17, 15) is 18.0 Å². The van der Waals surface area contributed by atoms with Crippen molar-refractivity contribution in [3.05, 3.63) is 62.1 Å². The summed E-state index contributed by atoms with van der Waals surface area (Å²) in [6.45, 7) is 7.31. The predicted molar refractivity (Wildman–Crippen MR) is 152 cm³/mol. The molecular weight excluding hydrogens is 580 g/mol. The fourth-order valence-electron chi connectivity index (χ4n) is 3.55. The molecule has 12 heteroatoms. The maximum Gasteiger partial charge on any atom is 0.242 e. The highest BCUT2D eigenvalue weighted by Gasteiger charge is 2.29. The lowest BCUT2D eigenvalue weighted by Gasteiger charge is -2.32. The van der Waals surface area contributed by atoms with Crippen LogP contribution in [0.15, 0.2) is 36.4 Å². The molecule has 0 aliphatic rings. The maximum atomic E-state index is 13.4. The molecule has 7 nitrogen and oxygen atoms in total. The number of anilines is 1. The number of benzene rings is 2. The quantitative estimate of drug-likeness (QED) is 0.348. The third-order valence-corrected chi connectivity index (χ3v) is 7.81. The first-order valence-corrected chi connectivity index (χ1v) is 14.8. The number of hydrogen-bond donors (Lipinski definition) is 1. The number of rotatable bonds is 10. The summed E-state index contributed by atoms with van der Waals surface area (Å²) in [4.78, 5) is 27.7. The summed E-state index contributed by atoms with van der Waals surface area (Å²) in [5, 5.41) is 4.15. The van der Waals surface area contributed by atoms with E-state index in [-0.39, 0.29) is 48.5 Å². The van der Waals surface area contributed by atoms with E-state index < -0.39 is 21.6 Å². The first-order chi connectivity index (χ1) is 17.0. The minimum atomic E-state index is -3.71. The van der Waals surface area contributed by atoms with Gasteiger partial charge in [-0.25, -0.2) is 8.42 Å². The number of carbonyl (C=O) groups excluding carboxylic acids is 2. The molecule has 0 saturated heterocycles. The van der Waals surface area contributed by atoms with E-state index >= 15 is 0 Å². The van der Waals surface area contributed by atoms with Crippen molar-refractivity contribution in [2.75, 3.05) is 17.1 Å². The third-order valence-electron chi connectivity index (χ3n) is 5.33. The monoisotopic (exact) mass is 609 g/mol. The van der Waals surface area contributed by atoms with E-state index in [0.29, 0.717) is 20.6 Å². The number of amides is 2. The molecule has 0 fully saturated rings. The van der Waals surface area contributed by atoms with Crippen molar-refractivity contribution >= 4 is 73.9 Å². The lowest BCUT2D eigenvalue weighted by molar-refractivity contribution is -0.141. The van der Waals surface area contributed by atoms with Crippen LogP contribution in [-0.4, -0.2) is 49.5 Å². The standard InChI is InChI=1S/C25H31Cl4N3O4S/c1-16(24(34)30-25(2,3)4)31(15-17-8-10-19(27)21(29)13-17)23(33)7-6-12-32(37(5,35)36)22-14-18(26)9-11-20(22)28/h8-11,13-14,16H,6-7,12,15H2,1-5H3,(H,30,34). The van der Waals surface area contributed by atoms with Crippen molar-refractivity contribution in [3.63, 3.8) is 0 Å². The van der Waals surface area contributed by atoms with E-state index in [0.717, 1.165) is 10.6 Å². The predicted octanol–water partition coefficient (Wildman–Crippen LogP) is 6.18. The summed E-state index contributed by atoms with van der Waals surface area (Å²) < 4.78 is 26.1. The zero-order valence-corrected chi connectivity index (χ0v) is 25.2. The van der Waals surface area contributed by atoms with Gasteiger partial charge in [0.25, 0.3) is 0 Å². The highest BCUT2D eigenvalue weighted by Crippen LogP contribution is 2.31. The Morgan fingerprint density at radius 1 is 0.973 bits per heavy atom. The Morgan fingerprint density at radius 3 is 2.16 bits per heavy atom. The Balaban J connectivity index is 2.25. The summed E-state index contributed by atoms with van der Waals surface area (Å²) in [5.41, 5.74) is 0.437. The molecule has 204 valence electrons. The van der Waals surface area contributed by atoms with Gasteiger partial charge in [-0.15, -0.1) is 0 Å². The van der Waals surface area contributed by atoms with Gasteiger partial charge >= 0.3 is 0 Å². The molecule has 2 amide bonds. The largest absolute Gasteiger partial charge is 0.350 e. The Kier molecular flexibility index (Phi) is 11.0. The van der Waals surface area contributed by atoms with Gasteiger partial charge in [0.05, 0.1) is 27.0 Å². The Hall–Kier alpha value is -1.71.